The van der Waals surface area contributed by atoms with Crippen molar-refractivity contribution in [2.24, 2.45) is 0 Å². The zero-order chi connectivity index (χ0) is 5.15. The highest BCUT2D eigenvalue weighted by Gasteiger charge is 1.91. The van der Waals surface area contributed by atoms with Gasteiger partial charge in [0.15, 0.2) is 0 Å². The molecule has 0 unspecified atom stereocenters. The van der Waals surface area contributed by atoms with E-state index in [4.69, 9.17) is 0 Å². The van der Waals surface area contributed by atoms with Crippen molar-refractivity contribution in [2.75, 3.05) is 0 Å². The van der Waals surface area contributed by atoms with Gasteiger partial charge >= 0.3 is 0 Å². The summed E-state index contributed by atoms with van der Waals surface area (Å²) in [5.74, 6) is 0. The second-order valence-electron chi connectivity index (χ2n) is 0.794. The number of hydrogen-bond donors (Lipinski definition) is 0. The van der Waals surface area contributed by atoms with E-state index in [1.807, 2.05) is 0 Å². The molecule has 0 saturated carbocycles. The van der Waals surface area contributed by atoms with Crippen LogP contribution < -0.4 is 0 Å². The van der Waals surface area contributed by atoms with Gasteiger partial charge in [0.05, 0.1) is 10.2 Å². The maximum Gasteiger partial charge on any atom is 0.295 e. The molecule has 0 fully saturated rings. The highest BCUT2D eigenvalue weighted by atomic mass is 28.1. The van der Waals surface area contributed by atoms with Gasteiger partial charge in [0.25, 0.3) is 6.08 Å². The predicted octanol–water partition coefficient (Wildman–Crippen LogP) is 0.387. The lowest BCUT2D eigenvalue weighted by molar-refractivity contribution is 0.393. The van der Waals surface area contributed by atoms with Crippen molar-refractivity contribution < 1.29 is 13.2 Å². The van der Waals surface area contributed by atoms with E-state index in [-0.39, 0.29) is 10.2 Å². The van der Waals surface area contributed by atoms with E-state index in [2.05, 4.69) is 0 Å². The minimum Gasteiger partial charge on any atom is -0.213 e. The van der Waals surface area contributed by atoms with Crippen LogP contribution in [0.15, 0.2) is 11.5 Å². The second-order valence-corrected chi connectivity index (χ2v) is 1.67. The van der Waals surface area contributed by atoms with Crippen LogP contribution in [0.3, 0.4) is 0 Å². The van der Waals surface area contributed by atoms with Crippen LogP contribution in [0.1, 0.15) is 0 Å². The molecular formula is C2H3F3Si. The van der Waals surface area contributed by atoms with Crippen LogP contribution in [0.5, 0.6) is 0 Å². The molecule has 0 saturated heterocycles. The topological polar surface area (TPSA) is 0 Å². The van der Waals surface area contributed by atoms with E-state index in [9.17, 15) is 13.2 Å². The summed E-state index contributed by atoms with van der Waals surface area (Å²) >= 11 is 0. The third kappa shape index (κ3) is 2.01. The van der Waals surface area contributed by atoms with Gasteiger partial charge in [-0.15, -0.1) is 0 Å². The molecule has 0 aromatic carbocycles. The quantitative estimate of drug-likeness (QED) is 0.397. The van der Waals surface area contributed by atoms with Crippen molar-refractivity contribution in [1.29, 1.82) is 0 Å². The van der Waals surface area contributed by atoms with E-state index in [0.717, 1.165) is 0 Å². The minimum absolute atomic E-state index is 0.184. The zero-order valence-corrected chi connectivity index (χ0v) is 5.13. The van der Waals surface area contributed by atoms with Crippen LogP contribution in [0.2, 0.25) is 0 Å². The Hall–Kier alpha value is -0.253. The Kier molecular flexibility index (Phi) is 1.93. The van der Waals surface area contributed by atoms with Gasteiger partial charge in [0, 0.05) is 0 Å². The third-order valence-electron chi connectivity index (χ3n) is 0.260. The fourth-order valence-electron chi connectivity index (χ4n) is 0. The average Bonchev–Trinajstić information content (AvgIpc) is 1.36. The van der Waals surface area contributed by atoms with Crippen LogP contribution >= 0.6 is 0 Å². The van der Waals surface area contributed by atoms with Crippen molar-refractivity contribution in [1.82, 2.24) is 0 Å². The third-order valence-corrected chi connectivity index (χ3v) is 0.638. The van der Waals surface area contributed by atoms with E-state index < -0.39 is 11.5 Å². The Bertz CT molecular complexity index is 58.9. The first kappa shape index (κ1) is 5.75. The molecule has 0 amide bonds. The summed E-state index contributed by atoms with van der Waals surface area (Å²) in [5.41, 5.74) is -1.27. The van der Waals surface area contributed by atoms with Gasteiger partial charge in [-0.05, 0) is 0 Å². The standard InChI is InChI=1S/C2H3F3Si/c3-1(4)2(5)6/h6H3. The summed E-state index contributed by atoms with van der Waals surface area (Å²) in [4.78, 5) is 0. The molecule has 0 bridgehead atoms. The molecule has 0 radical (unpaired) electrons. The summed E-state index contributed by atoms with van der Waals surface area (Å²) < 4.78 is 32.4. The van der Waals surface area contributed by atoms with Crippen molar-refractivity contribution in [3.8, 4) is 0 Å². The Labute approximate surface area is 36.1 Å². The molecule has 0 aromatic rings. The molecule has 6 heavy (non-hydrogen) atoms. The van der Waals surface area contributed by atoms with Gasteiger partial charge in [-0.2, -0.15) is 8.78 Å². The van der Waals surface area contributed by atoms with Crippen LogP contribution in [-0.2, 0) is 0 Å². The first-order valence-electron chi connectivity index (χ1n) is 1.32. The van der Waals surface area contributed by atoms with Gasteiger partial charge in [-0.3, -0.25) is 0 Å². The summed E-state index contributed by atoms with van der Waals surface area (Å²) in [6.45, 7) is 0. The van der Waals surface area contributed by atoms with Crippen LogP contribution in [0, 0.1) is 0 Å². The maximum absolute atomic E-state index is 11.0. The van der Waals surface area contributed by atoms with Gasteiger partial charge in [-0.25, -0.2) is 4.39 Å². The molecule has 0 heterocycles. The van der Waals surface area contributed by atoms with E-state index >= 15 is 0 Å². The molecule has 0 aliphatic heterocycles. The molecule has 0 aliphatic rings. The molecule has 0 N–H and O–H groups in total. The molecule has 0 rings (SSSR count). The highest BCUT2D eigenvalue weighted by molar-refractivity contribution is 6.20. The van der Waals surface area contributed by atoms with Gasteiger partial charge in [0.1, 0.15) is 5.45 Å². The molecule has 0 spiro atoms. The summed E-state index contributed by atoms with van der Waals surface area (Å²) in [5, 5.41) is 0. The van der Waals surface area contributed by atoms with Crippen molar-refractivity contribution in [2.45, 2.75) is 0 Å². The van der Waals surface area contributed by atoms with Crippen molar-refractivity contribution >= 4 is 10.2 Å². The van der Waals surface area contributed by atoms with E-state index in [0.29, 0.717) is 0 Å². The van der Waals surface area contributed by atoms with Crippen LogP contribution in [0.25, 0.3) is 0 Å². The predicted molar refractivity (Wildman–Crippen MR) is 20.3 cm³/mol. The molecular weight excluding hydrogens is 109 g/mol. The molecule has 4 heteroatoms. The monoisotopic (exact) mass is 112 g/mol. The Balaban J connectivity index is 3.68. The Morgan fingerprint density at radius 3 is 1.33 bits per heavy atom. The number of hydrogen-bond acceptors (Lipinski definition) is 0. The minimum atomic E-state index is -2.18. The fourth-order valence-corrected chi connectivity index (χ4v) is 0. The first-order valence-corrected chi connectivity index (χ1v) is 2.32. The SMILES string of the molecule is FC(F)=C(F)[SiH3]. The molecule has 0 atom stereocenters. The van der Waals surface area contributed by atoms with Crippen molar-refractivity contribution in [3.63, 3.8) is 0 Å². The van der Waals surface area contributed by atoms with Gasteiger partial charge in [-0.1, -0.05) is 0 Å². The van der Waals surface area contributed by atoms with E-state index in [1.54, 1.807) is 0 Å². The second kappa shape index (κ2) is 2.02. The van der Waals surface area contributed by atoms with E-state index in [1.165, 1.54) is 0 Å². The normalized spacial score (nSPS) is 8.50. The fraction of sp³-hybridized carbons (Fsp3) is 0. The van der Waals surface area contributed by atoms with Gasteiger partial charge < -0.3 is 0 Å². The lowest BCUT2D eigenvalue weighted by Gasteiger charge is -1.74. The summed E-state index contributed by atoms with van der Waals surface area (Å²) in [7, 11) is -0.184. The lowest BCUT2D eigenvalue weighted by Crippen LogP contribution is -1.67. The smallest absolute Gasteiger partial charge is 0.213 e. The van der Waals surface area contributed by atoms with Gasteiger partial charge in [0.2, 0.25) is 0 Å². The van der Waals surface area contributed by atoms with Crippen molar-refractivity contribution in [3.05, 3.63) is 11.5 Å². The summed E-state index contributed by atoms with van der Waals surface area (Å²) in [6.07, 6.45) is -2.18. The largest absolute Gasteiger partial charge is 0.295 e. The molecule has 0 aromatic heterocycles. The molecule has 0 aliphatic carbocycles. The molecule has 0 nitrogen and oxygen atoms in total. The Morgan fingerprint density at radius 1 is 1.17 bits per heavy atom. The summed E-state index contributed by atoms with van der Waals surface area (Å²) in [6, 6.07) is 0. The number of halogens is 3. The highest BCUT2D eigenvalue weighted by Crippen LogP contribution is 2.02. The molecule has 36 valence electrons. The first-order chi connectivity index (χ1) is 2.64. The maximum atomic E-state index is 11.0. The van der Waals surface area contributed by atoms with Crippen LogP contribution in [-0.4, -0.2) is 10.2 Å². The average molecular weight is 112 g/mol. The van der Waals surface area contributed by atoms with Crippen LogP contribution in [0.4, 0.5) is 13.2 Å². The zero-order valence-electron chi connectivity index (χ0n) is 3.13. The number of rotatable bonds is 0. The Morgan fingerprint density at radius 2 is 1.33 bits per heavy atom. The lowest BCUT2D eigenvalue weighted by atomic mass is 11.1.